The molecule has 0 amide bonds. The molecule has 1 aromatic carbocycles. The van der Waals surface area contributed by atoms with Gasteiger partial charge in [0.25, 0.3) is 0 Å². The summed E-state index contributed by atoms with van der Waals surface area (Å²) >= 11 is 0. The van der Waals surface area contributed by atoms with Crippen LogP contribution in [0.2, 0.25) is 0 Å². The minimum atomic E-state index is -3.64. The Hall–Kier alpha value is -1.39. The smallest absolute Gasteiger partial charge is 0.241 e. The predicted molar refractivity (Wildman–Crippen MR) is 81.3 cm³/mol. The van der Waals surface area contributed by atoms with E-state index in [9.17, 15) is 8.42 Å². The van der Waals surface area contributed by atoms with Crippen LogP contribution in [0.1, 0.15) is 25.8 Å². The number of rotatable bonds is 6. The topological polar surface area (TPSA) is 75.6 Å². The Bertz CT molecular complexity index is 627. The molecule has 0 heterocycles. The highest BCUT2D eigenvalue weighted by molar-refractivity contribution is 7.89. The van der Waals surface area contributed by atoms with Gasteiger partial charge in [0.2, 0.25) is 10.0 Å². The summed E-state index contributed by atoms with van der Waals surface area (Å²) in [5.74, 6) is 5.58. The Labute approximate surface area is 126 Å². The summed E-state index contributed by atoms with van der Waals surface area (Å²) in [5.41, 5.74) is -0.109. The molecule has 0 spiro atoms. The molecule has 0 saturated carbocycles. The first-order valence-electron chi connectivity index (χ1n) is 6.53. The minimum absolute atomic E-state index is 0.0161. The molecule has 0 radical (unpaired) electrons. The van der Waals surface area contributed by atoms with Crippen molar-refractivity contribution in [3.8, 4) is 11.8 Å². The van der Waals surface area contributed by atoms with Gasteiger partial charge in [-0.1, -0.05) is 17.9 Å². The Kier molecular flexibility index (Phi) is 6.37. The third-order valence-electron chi connectivity index (χ3n) is 2.53. The molecule has 0 bridgehead atoms. The van der Waals surface area contributed by atoms with E-state index >= 15 is 0 Å². The lowest BCUT2D eigenvalue weighted by atomic mass is 10.1. The summed E-state index contributed by atoms with van der Waals surface area (Å²) in [4.78, 5) is 0.155. The van der Waals surface area contributed by atoms with Gasteiger partial charge in [-0.2, -0.15) is 0 Å². The number of hydrogen-bond acceptors (Lipinski definition) is 4. The van der Waals surface area contributed by atoms with Crippen LogP contribution >= 0.6 is 0 Å². The molecule has 0 aliphatic carbocycles. The van der Waals surface area contributed by atoms with E-state index in [4.69, 9.17) is 9.84 Å². The van der Waals surface area contributed by atoms with Gasteiger partial charge in [-0.3, -0.25) is 0 Å². The number of benzene rings is 1. The van der Waals surface area contributed by atoms with Crippen molar-refractivity contribution in [1.29, 1.82) is 0 Å². The van der Waals surface area contributed by atoms with Crippen LogP contribution in [-0.2, 0) is 14.8 Å². The van der Waals surface area contributed by atoms with E-state index in [1.807, 2.05) is 0 Å². The average Bonchev–Trinajstić information content (AvgIpc) is 2.38. The first-order chi connectivity index (χ1) is 9.80. The molecule has 0 aliphatic heterocycles. The van der Waals surface area contributed by atoms with Gasteiger partial charge in [0.15, 0.2) is 0 Å². The van der Waals surface area contributed by atoms with E-state index in [0.29, 0.717) is 12.0 Å². The molecule has 116 valence electrons. The quantitative estimate of drug-likeness (QED) is 0.772. The van der Waals surface area contributed by atoms with Crippen molar-refractivity contribution in [3.63, 3.8) is 0 Å². The van der Waals surface area contributed by atoms with E-state index in [2.05, 4.69) is 16.6 Å². The van der Waals surface area contributed by atoms with Crippen LogP contribution in [0, 0.1) is 11.8 Å². The van der Waals surface area contributed by atoms with Crippen molar-refractivity contribution < 1.29 is 18.3 Å². The van der Waals surface area contributed by atoms with Gasteiger partial charge in [-0.25, -0.2) is 13.1 Å². The van der Waals surface area contributed by atoms with Gasteiger partial charge in [-0.15, -0.1) is 0 Å². The molecule has 0 fully saturated rings. The van der Waals surface area contributed by atoms with Gasteiger partial charge in [0.05, 0.1) is 23.6 Å². The Morgan fingerprint density at radius 3 is 2.71 bits per heavy atom. The SMILES string of the molecule is COCC(C)(C)NS(=O)(=O)c1cccc(C#CCCO)c1. The third kappa shape index (κ3) is 5.86. The van der Waals surface area contributed by atoms with Crippen LogP contribution in [0.3, 0.4) is 0 Å². The summed E-state index contributed by atoms with van der Waals surface area (Å²) in [6.45, 7) is 3.75. The van der Waals surface area contributed by atoms with Crippen molar-refractivity contribution in [2.24, 2.45) is 0 Å². The van der Waals surface area contributed by atoms with Crippen LogP contribution < -0.4 is 4.72 Å². The molecule has 21 heavy (non-hydrogen) atoms. The third-order valence-corrected chi connectivity index (χ3v) is 4.23. The molecule has 0 aliphatic rings. The number of aliphatic hydroxyl groups excluding tert-OH is 1. The number of methoxy groups -OCH3 is 1. The summed E-state index contributed by atoms with van der Waals surface area (Å²) in [6, 6.07) is 6.39. The van der Waals surface area contributed by atoms with Gasteiger partial charge >= 0.3 is 0 Å². The lowest BCUT2D eigenvalue weighted by Gasteiger charge is -2.24. The Morgan fingerprint density at radius 1 is 1.38 bits per heavy atom. The lowest BCUT2D eigenvalue weighted by Crippen LogP contribution is -2.46. The minimum Gasteiger partial charge on any atom is -0.395 e. The first-order valence-corrected chi connectivity index (χ1v) is 8.02. The lowest BCUT2D eigenvalue weighted by molar-refractivity contribution is 0.141. The fourth-order valence-corrected chi connectivity index (χ4v) is 3.22. The standard InChI is InChI=1S/C15H21NO4S/c1-15(2,12-20-3)16-21(18,19)14-9-6-8-13(11-14)7-4-5-10-17/h6,8-9,11,16-17H,5,10,12H2,1-3H3. The predicted octanol–water partition coefficient (Wildman–Crippen LogP) is 1.12. The van der Waals surface area contributed by atoms with Gasteiger partial charge in [-0.05, 0) is 32.0 Å². The summed E-state index contributed by atoms with van der Waals surface area (Å²) in [6.07, 6.45) is 0.357. The Balaban J connectivity index is 2.99. The van der Waals surface area contributed by atoms with Crippen molar-refractivity contribution in [1.82, 2.24) is 4.72 Å². The van der Waals surface area contributed by atoms with Gasteiger partial charge < -0.3 is 9.84 Å². The van der Waals surface area contributed by atoms with E-state index in [0.717, 1.165) is 0 Å². The molecular weight excluding hydrogens is 290 g/mol. The maximum Gasteiger partial charge on any atom is 0.241 e. The van der Waals surface area contributed by atoms with Gasteiger partial charge in [0.1, 0.15) is 0 Å². The highest BCUT2D eigenvalue weighted by Crippen LogP contribution is 2.14. The normalized spacial score (nSPS) is 11.8. The second-order valence-corrected chi connectivity index (χ2v) is 6.91. The van der Waals surface area contributed by atoms with E-state index < -0.39 is 15.6 Å². The molecule has 0 unspecified atom stereocenters. The highest BCUT2D eigenvalue weighted by Gasteiger charge is 2.26. The zero-order valence-electron chi connectivity index (χ0n) is 12.5. The molecule has 1 rings (SSSR count). The highest BCUT2D eigenvalue weighted by atomic mass is 32.2. The maximum atomic E-state index is 12.3. The summed E-state index contributed by atoms with van der Waals surface area (Å²) < 4.78 is 32.3. The number of hydrogen-bond donors (Lipinski definition) is 2. The largest absolute Gasteiger partial charge is 0.395 e. The Morgan fingerprint density at radius 2 is 2.10 bits per heavy atom. The summed E-state index contributed by atoms with van der Waals surface area (Å²) in [7, 11) is -2.12. The molecular formula is C15H21NO4S. The van der Waals surface area contributed by atoms with Crippen molar-refractivity contribution in [2.75, 3.05) is 20.3 Å². The zero-order valence-corrected chi connectivity index (χ0v) is 13.3. The van der Waals surface area contributed by atoms with E-state index in [-0.39, 0.29) is 18.1 Å². The molecule has 0 aromatic heterocycles. The van der Waals surface area contributed by atoms with Crippen LogP contribution in [0.15, 0.2) is 29.2 Å². The van der Waals surface area contributed by atoms with Crippen LogP contribution in [-0.4, -0.2) is 39.4 Å². The van der Waals surface area contributed by atoms with Crippen LogP contribution in [0.25, 0.3) is 0 Å². The molecule has 0 saturated heterocycles. The molecule has 5 nitrogen and oxygen atoms in total. The second kappa shape index (κ2) is 7.57. The first kappa shape index (κ1) is 17.7. The zero-order chi connectivity index (χ0) is 15.9. The number of nitrogens with one attached hydrogen (secondary N) is 1. The average molecular weight is 311 g/mol. The van der Waals surface area contributed by atoms with Crippen molar-refractivity contribution in [3.05, 3.63) is 29.8 Å². The van der Waals surface area contributed by atoms with E-state index in [1.165, 1.54) is 19.2 Å². The van der Waals surface area contributed by atoms with Gasteiger partial charge in [0, 0.05) is 19.1 Å². The van der Waals surface area contributed by atoms with Crippen LogP contribution in [0.5, 0.6) is 0 Å². The second-order valence-electron chi connectivity index (χ2n) is 5.23. The molecule has 1 aromatic rings. The maximum absolute atomic E-state index is 12.3. The molecule has 0 atom stereocenters. The van der Waals surface area contributed by atoms with Crippen molar-refractivity contribution >= 4 is 10.0 Å². The number of ether oxygens (including phenoxy) is 1. The van der Waals surface area contributed by atoms with Crippen LogP contribution in [0.4, 0.5) is 0 Å². The molecule has 2 N–H and O–H groups in total. The van der Waals surface area contributed by atoms with Crippen molar-refractivity contribution in [2.45, 2.75) is 30.7 Å². The summed E-state index contributed by atoms with van der Waals surface area (Å²) in [5, 5.41) is 8.69. The molecule has 6 heteroatoms. The fraction of sp³-hybridized carbons (Fsp3) is 0.467. The monoisotopic (exact) mass is 311 g/mol. The number of aliphatic hydroxyl groups is 1. The number of sulfonamides is 1. The fourth-order valence-electron chi connectivity index (χ4n) is 1.77. The van der Waals surface area contributed by atoms with E-state index in [1.54, 1.807) is 26.0 Å².